The normalized spacial score (nSPS) is 12.7. The molecule has 1 atom stereocenters. The molecule has 0 saturated carbocycles. The second kappa shape index (κ2) is 7.20. The number of hydrogen-bond donors (Lipinski definition) is 2. The molecule has 0 spiro atoms. The van der Waals surface area contributed by atoms with Crippen LogP contribution in [-0.4, -0.2) is 46.2 Å². The first-order chi connectivity index (χ1) is 9.42. The van der Waals surface area contributed by atoms with E-state index in [4.69, 9.17) is 9.84 Å². The van der Waals surface area contributed by atoms with Gasteiger partial charge in [-0.25, -0.2) is 4.68 Å². The molecule has 20 heavy (non-hydrogen) atoms. The van der Waals surface area contributed by atoms with E-state index in [0.29, 0.717) is 24.5 Å². The molecule has 2 N–H and O–H groups in total. The Morgan fingerprint density at radius 3 is 2.65 bits per heavy atom. The largest absolute Gasteiger partial charge is 0.396 e. The molecule has 8 nitrogen and oxygen atoms in total. The molecule has 1 aromatic heterocycles. The summed E-state index contributed by atoms with van der Waals surface area (Å²) in [4.78, 5) is 10.8. The van der Waals surface area contributed by atoms with Crippen molar-refractivity contribution in [3.05, 3.63) is 15.8 Å². The minimum absolute atomic E-state index is 0.0118. The van der Waals surface area contributed by atoms with Gasteiger partial charge in [-0.15, -0.1) is 0 Å². The van der Waals surface area contributed by atoms with Crippen molar-refractivity contribution in [1.29, 1.82) is 0 Å². The zero-order chi connectivity index (χ0) is 15.3. The predicted octanol–water partition coefficient (Wildman–Crippen LogP) is 1.49. The van der Waals surface area contributed by atoms with Crippen molar-refractivity contribution in [2.24, 2.45) is 0 Å². The molecule has 0 radical (unpaired) electrons. The highest BCUT2D eigenvalue weighted by Crippen LogP contribution is 2.31. The molecule has 0 aliphatic heterocycles. The van der Waals surface area contributed by atoms with Crippen molar-refractivity contribution in [3.63, 3.8) is 0 Å². The van der Waals surface area contributed by atoms with E-state index >= 15 is 0 Å². The summed E-state index contributed by atoms with van der Waals surface area (Å²) in [5.74, 6) is 0.359. The van der Waals surface area contributed by atoms with Crippen LogP contribution < -0.4 is 5.32 Å². The van der Waals surface area contributed by atoms with E-state index in [1.54, 1.807) is 18.7 Å². The van der Waals surface area contributed by atoms with Crippen molar-refractivity contribution < 1.29 is 14.8 Å². The number of methoxy groups -OCH3 is 1. The summed E-state index contributed by atoms with van der Waals surface area (Å²) in [6.45, 7) is 5.74. The van der Waals surface area contributed by atoms with Gasteiger partial charge >= 0.3 is 5.69 Å². The summed E-state index contributed by atoms with van der Waals surface area (Å²) in [7, 11) is 1.55. The van der Waals surface area contributed by atoms with E-state index in [1.807, 2.05) is 13.8 Å². The van der Waals surface area contributed by atoms with Crippen LogP contribution in [0.2, 0.25) is 0 Å². The Labute approximate surface area is 117 Å². The Bertz CT molecular complexity index is 453. The standard InChI is InChI=1S/C12H22N4O4/c1-8(2)15-12(11(16(18)19)9(3)14-15)13-10(5-6-17)7-20-4/h8,10,13,17H,5-7H2,1-4H3. The first kappa shape index (κ1) is 16.4. The Morgan fingerprint density at radius 1 is 1.55 bits per heavy atom. The average Bonchev–Trinajstić information content (AvgIpc) is 2.67. The van der Waals surface area contributed by atoms with Gasteiger partial charge < -0.3 is 15.2 Å². The van der Waals surface area contributed by atoms with Crippen LogP contribution in [0.4, 0.5) is 11.5 Å². The molecule has 0 aromatic carbocycles. The highest BCUT2D eigenvalue weighted by Gasteiger charge is 2.28. The molecule has 8 heteroatoms. The summed E-state index contributed by atoms with van der Waals surface area (Å²) in [5.41, 5.74) is 0.337. The van der Waals surface area contributed by atoms with E-state index < -0.39 is 4.92 Å². The monoisotopic (exact) mass is 286 g/mol. The van der Waals surface area contributed by atoms with Crippen LogP contribution in [0.15, 0.2) is 0 Å². The highest BCUT2D eigenvalue weighted by atomic mass is 16.6. The molecule has 1 aromatic rings. The fraction of sp³-hybridized carbons (Fsp3) is 0.750. The van der Waals surface area contributed by atoms with Gasteiger partial charge in [-0.1, -0.05) is 0 Å². The fourth-order valence-electron chi connectivity index (χ4n) is 2.01. The molecule has 1 heterocycles. The number of aromatic nitrogens is 2. The number of aryl methyl sites for hydroxylation is 1. The molecule has 1 rings (SSSR count). The number of aliphatic hydroxyl groups is 1. The van der Waals surface area contributed by atoms with Crippen LogP contribution in [0.5, 0.6) is 0 Å². The molecule has 1 unspecified atom stereocenters. The summed E-state index contributed by atoms with van der Waals surface area (Å²) >= 11 is 0. The highest BCUT2D eigenvalue weighted by molar-refractivity contribution is 5.60. The van der Waals surface area contributed by atoms with Crippen molar-refractivity contribution in [3.8, 4) is 0 Å². The third-order valence-electron chi connectivity index (χ3n) is 2.91. The van der Waals surface area contributed by atoms with E-state index in [-0.39, 0.29) is 24.4 Å². The maximum atomic E-state index is 11.2. The van der Waals surface area contributed by atoms with Gasteiger partial charge in [0.05, 0.1) is 17.6 Å². The molecule has 0 saturated heterocycles. The first-order valence-electron chi connectivity index (χ1n) is 6.52. The zero-order valence-corrected chi connectivity index (χ0v) is 12.3. The molecule has 0 bridgehead atoms. The molecule has 0 aliphatic carbocycles. The lowest BCUT2D eigenvalue weighted by atomic mass is 10.2. The van der Waals surface area contributed by atoms with Gasteiger partial charge in [0.2, 0.25) is 5.82 Å². The predicted molar refractivity (Wildman–Crippen MR) is 75.0 cm³/mol. The van der Waals surface area contributed by atoms with Crippen LogP contribution in [0.1, 0.15) is 32.0 Å². The Balaban J connectivity index is 3.15. The maximum Gasteiger partial charge on any atom is 0.333 e. The number of aliphatic hydroxyl groups excluding tert-OH is 1. The van der Waals surface area contributed by atoms with Crippen molar-refractivity contribution in [1.82, 2.24) is 9.78 Å². The zero-order valence-electron chi connectivity index (χ0n) is 12.3. The van der Waals surface area contributed by atoms with Gasteiger partial charge in [0.15, 0.2) is 0 Å². The van der Waals surface area contributed by atoms with E-state index in [1.165, 1.54) is 0 Å². The van der Waals surface area contributed by atoms with E-state index in [9.17, 15) is 10.1 Å². The molecule has 0 amide bonds. The smallest absolute Gasteiger partial charge is 0.333 e. The molecule has 0 fully saturated rings. The Hall–Kier alpha value is -1.67. The van der Waals surface area contributed by atoms with Crippen molar-refractivity contribution in [2.75, 3.05) is 25.6 Å². The number of rotatable bonds is 8. The number of ether oxygens (including phenoxy) is 1. The minimum atomic E-state index is -0.438. The van der Waals surface area contributed by atoms with Crippen LogP contribution >= 0.6 is 0 Å². The second-order valence-corrected chi connectivity index (χ2v) is 4.89. The molecular formula is C12H22N4O4. The summed E-state index contributed by atoms with van der Waals surface area (Å²) in [6.07, 6.45) is 0.438. The number of nitrogens with one attached hydrogen (secondary N) is 1. The molecule has 114 valence electrons. The van der Waals surface area contributed by atoms with Gasteiger partial charge in [-0.3, -0.25) is 10.1 Å². The van der Waals surface area contributed by atoms with Crippen molar-refractivity contribution >= 4 is 11.5 Å². The number of nitro groups is 1. The van der Waals surface area contributed by atoms with Crippen LogP contribution in [-0.2, 0) is 4.74 Å². The quantitative estimate of drug-likeness (QED) is 0.554. The average molecular weight is 286 g/mol. The first-order valence-corrected chi connectivity index (χ1v) is 6.52. The Morgan fingerprint density at radius 2 is 2.20 bits per heavy atom. The lowest BCUT2D eigenvalue weighted by Gasteiger charge is -2.19. The van der Waals surface area contributed by atoms with Gasteiger partial charge in [-0.2, -0.15) is 5.10 Å². The van der Waals surface area contributed by atoms with Crippen LogP contribution in [0.25, 0.3) is 0 Å². The number of anilines is 1. The second-order valence-electron chi connectivity index (χ2n) is 4.89. The number of hydrogen-bond acceptors (Lipinski definition) is 6. The Kier molecular flexibility index (Phi) is 5.90. The summed E-state index contributed by atoms with van der Waals surface area (Å²) < 4.78 is 6.65. The SMILES string of the molecule is COCC(CCO)Nc1c([N+](=O)[O-])c(C)nn1C(C)C. The van der Waals surface area contributed by atoms with Crippen molar-refractivity contribution in [2.45, 2.75) is 39.3 Å². The van der Waals surface area contributed by atoms with Gasteiger partial charge in [0.25, 0.3) is 0 Å². The molecular weight excluding hydrogens is 264 g/mol. The van der Waals surface area contributed by atoms with Gasteiger partial charge in [0, 0.05) is 19.8 Å². The van der Waals surface area contributed by atoms with Crippen LogP contribution in [0, 0.1) is 17.0 Å². The third-order valence-corrected chi connectivity index (χ3v) is 2.91. The van der Waals surface area contributed by atoms with E-state index in [0.717, 1.165) is 0 Å². The van der Waals surface area contributed by atoms with Gasteiger partial charge in [-0.05, 0) is 27.2 Å². The summed E-state index contributed by atoms with van der Waals surface area (Å²) in [5, 5.41) is 27.5. The molecule has 0 aliphatic rings. The lowest BCUT2D eigenvalue weighted by molar-refractivity contribution is -0.384. The van der Waals surface area contributed by atoms with Gasteiger partial charge in [0.1, 0.15) is 5.69 Å². The third kappa shape index (κ3) is 3.67. The van der Waals surface area contributed by atoms with E-state index in [2.05, 4.69) is 10.4 Å². The maximum absolute atomic E-state index is 11.2. The summed E-state index contributed by atoms with van der Waals surface area (Å²) in [6, 6.07) is -0.223. The lowest BCUT2D eigenvalue weighted by Crippen LogP contribution is -2.28. The van der Waals surface area contributed by atoms with Crippen LogP contribution in [0.3, 0.4) is 0 Å². The fourth-order valence-corrected chi connectivity index (χ4v) is 2.01. The number of nitrogens with zero attached hydrogens (tertiary/aromatic N) is 3. The topological polar surface area (TPSA) is 102 Å². The minimum Gasteiger partial charge on any atom is -0.396 e.